The standard InChI is InChI=1S/C24H31F2NO5/c25-24(26,11-4-12-27-13-21(29)23(31)22(30)20(27)14-28)16-32-15-17-7-9-19(10-8-17)18-5-2-1-3-6-18/h1-3,5-10,20-23,28-31H,4,11-16H2/t20-,21+,22-,23-/m1/s1. The second-order valence-electron chi connectivity index (χ2n) is 8.31. The molecule has 32 heavy (non-hydrogen) atoms. The highest BCUT2D eigenvalue weighted by molar-refractivity contribution is 5.63. The van der Waals surface area contributed by atoms with E-state index in [0.717, 1.165) is 16.7 Å². The lowest BCUT2D eigenvalue weighted by Crippen LogP contribution is -2.62. The Kier molecular flexibility index (Phi) is 8.70. The average molecular weight is 452 g/mol. The van der Waals surface area contributed by atoms with Gasteiger partial charge in [-0.2, -0.15) is 0 Å². The van der Waals surface area contributed by atoms with E-state index in [0.29, 0.717) is 0 Å². The Morgan fingerprint density at radius 1 is 0.938 bits per heavy atom. The van der Waals surface area contributed by atoms with Crippen LogP contribution in [0.3, 0.4) is 0 Å². The first-order chi connectivity index (χ1) is 15.3. The number of benzene rings is 2. The zero-order chi connectivity index (χ0) is 23.1. The van der Waals surface area contributed by atoms with Gasteiger partial charge in [0.25, 0.3) is 5.92 Å². The number of alkyl halides is 2. The molecule has 2 aromatic carbocycles. The van der Waals surface area contributed by atoms with E-state index in [2.05, 4.69) is 0 Å². The number of aliphatic hydroxyl groups excluding tert-OH is 4. The smallest absolute Gasteiger partial charge is 0.271 e. The molecule has 1 aliphatic heterocycles. The number of likely N-dealkylation sites (tertiary alicyclic amines) is 1. The lowest BCUT2D eigenvalue weighted by Gasteiger charge is -2.43. The molecule has 176 valence electrons. The fraction of sp³-hybridized carbons (Fsp3) is 0.500. The quantitative estimate of drug-likeness (QED) is 0.442. The van der Waals surface area contributed by atoms with Crippen LogP contribution in [0.4, 0.5) is 8.78 Å². The minimum absolute atomic E-state index is 0.00447. The number of nitrogens with zero attached hydrogens (tertiary/aromatic N) is 1. The van der Waals surface area contributed by atoms with Gasteiger partial charge in [0.2, 0.25) is 0 Å². The number of hydrogen-bond acceptors (Lipinski definition) is 6. The molecule has 0 aliphatic carbocycles. The monoisotopic (exact) mass is 451 g/mol. The van der Waals surface area contributed by atoms with Crippen molar-refractivity contribution in [1.29, 1.82) is 0 Å². The van der Waals surface area contributed by atoms with Crippen LogP contribution in [0, 0.1) is 0 Å². The van der Waals surface area contributed by atoms with Gasteiger partial charge in [-0.1, -0.05) is 54.6 Å². The molecular formula is C24H31F2NO5. The summed E-state index contributed by atoms with van der Waals surface area (Å²) in [5.41, 5.74) is 2.93. The van der Waals surface area contributed by atoms with Crippen LogP contribution in [-0.2, 0) is 11.3 Å². The highest BCUT2D eigenvalue weighted by atomic mass is 19.3. The van der Waals surface area contributed by atoms with E-state index >= 15 is 0 Å². The minimum atomic E-state index is -3.02. The molecule has 0 bridgehead atoms. The van der Waals surface area contributed by atoms with Crippen molar-refractivity contribution in [3.05, 3.63) is 60.2 Å². The average Bonchev–Trinajstić information content (AvgIpc) is 2.78. The zero-order valence-corrected chi connectivity index (χ0v) is 17.9. The van der Waals surface area contributed by atoms with Gasteiger partial charge in [0.15, 0.2) is 0 Å². The van der Waals surface area contributed by atoms with Crippen LogP contribution in [0.2, 0.25) is 0 Å². The van der Waals surface area contributed by atoms with Crippen LogP contribution >= 0.6 is 0 Å². The fourth-order valence-corrected chi connectivity index (χ4v) is 3.99. The first kappa shape index (κ1) is 24.7. The minimum Gasteiger partial charge on any atom is -0.395 e. The Labute approximate surface area is 186 Å². The SMILES string of the molecule is OC[C@@H]1[C@@H](O)[C@H](O)[C@@H](O)CN1CCCC(F)(F)COCc1ccc(-c2ccccc2)cc1. The number of aliphatic hydroxyl groups is 4. The summed E-state index contributed by atoms with van der Waals surface area (Å²) in [5, 5.41) is 38.9. The summed E-state index contributed by atoms with van der Waals surface area (Å²) < 4.78 is 33.7. The number of rotatable bonds is 10. The normalized spacial score (nSPS) is 24.6. The second kappa shape index (κ2) is 11.3. The summed E-state index contributed by atoms with van der Waals surface area (Å²) in [6.45, 7) is -0.902. The third-order valence-corrected chi connectivity index (χ3v) is 5.85. The number of β-amino-alcohol motifs (C(OH)–C–C–N with tert-alkyl or cyclic N) is 1. The molecule has 4 atom stereocenters. The van der Waals surface area contributed by atoms with Gasteiger partial charge >= 0.3 is 0 Å². The summed E-state index contributed by atoms with van der Waals surface area (Å²) in [4.78, 5) is 1.54. The van der Waals surface area contributed by atoms with Gasteiger partial charge in [-0.3, -0.25) is 4.90 Å². The number of halogens is 2. The number of hydrogen-bond donors (Lipinski definition) is 4. The first-order valence-electron chi connectivity index (χ1n) is 10.8. The van der Waals surface area contributed by atoms with Crippen molar-refractivity contribution in [3.63, 3.8) is 0 Å². The van der Waals surface area contributed by atoms with E-state index in [4.69, 9.17) is 4.74 Å². The first-order valence-corrected chi connectivity index (χ1v) is 10.8. The number of ether oxygens (including phenoxy) is 1. The maximum Gasteiger partial charge on any atom is 0.271 e. The van der Waals surface area contributed by atoms with Crippen molar-refractivity contribution in [2.75, 3.05) is 26.3 Å². The van der Waals surface area contributed by atoms with Crippen molar-refractivity contribution in [2.24, 2.45) is 0 Å². The van der Waals surface area contributed by atoms with Gasteiger partial charge in [0.05, 0.1) is 25.4 Å². The van der Waals surface area contributed by atoms with Crippen molar-refractivity contribution >= 4 is 0 Å². The molecule has 0 radical (unpaired) electrons. The topological polar surface area (TPSA) is 93.4 Å². The molecule has 3 rings (SSSR count). The van der Waals surface area contributed by atoms with Crippen molar-refractivity contribution in [1.82, 2.24) is 4.90 Å². The Balaban J connectivity index is 1.41. The molecule has 8 heteroatoms. The van der Waals surface area contributed by atoms with Crippen molar-refractivity contribution in [3.8, 4) is 11.1 Å². The van der Waals surface area contributed by atoms with E-state index in [9.17, 15) is 29.2 Å². The molecule has 0 unspecified atom stereocenters. The number of piperidine rings is 1. The Morgan fingerprint density at radius 2 is 1.59 bits per heavy atom. The maximum atomic E-state index is 14.2. The molecule has 0 aromatic heterocycles. The van der Waals surface area contributed by atoms with E-state index in [1.54, 1.807) is 0 Å². The fourth-order valence-electron chi connectivity index (χ4n) is 3.99. The molecular weight excluding hydrogens is 420 g/mol. The Hall–Kier alpha value is -1.94. The van der Waals surface area contributed by atoms with Crippen LogP contribution in [0.25, 0.3) is 11.1 Å². The van der Waals surface area contributed by atoms with Crippen molar-refractivity contribution < 1.29 is 33.9 Å². The van der Waals surface area contributed by atoms with Crippen LogP contribution in [-0.4, -0.2) is 81.9 Å². The van der Waals surface area contributed by atoms with Crippen LogP contribution in [0.5, 0.6) is 0 Å². The summed E-state index contributed by atoms with van der Waals surface area (Å²) in [6.07, 6.45) is -4.22. The molecule has 1 fully saturated rings. The van der Waals surface area contributed by atoms with E-state index in [-0.39, 0.29) is 26.1 Å². The highest BCUT2D eigenvalue weighted by Crippen LogP contribution is 2.25. The largest absolute Gasteiger partial charge is 0.395 e. The third kappa shape index (κ3) is 6.54. The van der Waals surface area contributed by atoms with Crippen LogP contribution in [0.15, 0.2) is 54.6 Å². The zero-order valence-electron chi connectivity index (χ0n) is 17.9. The van der Waals surface area contributed by atoms with Crippen LogP contribution in [0.1, 0.15) is 18.4 Å². The van der Waals surface area contributed by atoms with E-state index in [1.165, 1.54) is 4.90 Å². The summed E-state index contributed by atoms with van der Waals surface area (Å²) in [5.74, 6) is -3.02. The Morgan fingerprint density at radius 3 is 2.25 bits per heavy atom. The second-order valence-corrected chi connectivity index (χ2v) is 8.31. The van der Waals surface area contributed by atoms with Crippen LogP contribution < -0.4 is 0 Å². The van der Waals surface area contributed by atoms with Crippen molar-refractivity contribution in [2.45, 2.75) is 49.7 Å². The molecule has 2 aromatic rings. The van der Waals surface area contributed by atoms with Gasteiger partial charge in [0.1, 0.15) is 18.8 Å². The summed E-state index contributed by atoms with van der Waals surface area (Å²) in [6, 6.07) is 16.6. The summed E-state index contributed by atoms with van der Waals surface area (Å²) >= 11 is 0. The molecule has 1 heterocycles. The molecule has 4 N–H and O–H groups in total. The lowest BCUT2D eigenvalue weighted by atomic mass is 9.94. The van der Waals surface area contributed by atoms with Gasteiger partial charge in [0, 0.05) is 13.0 Å². The van der Waals surface area contributed by atoms with Gasteiger partial charge in [-0.05, 0) is 29.7 Å². The summed E-state index contributed by atoms with van der Waals surface area (Å²) in [7, 11) is 0. The lowest BCUT2D eigenvalue weighted by molar-refractivity contribution is -0.146. The predicted molar refractivity (Wildman–Crippen MR) is 116 cm³/mol. The van der Waals surface area contributed by atoms with Gasteiger partial charge in [-0.15, -0.1) is 0 Å². The molecule has 1 saturated heterocycles. The molecule has 6 nitrogen and oxygen atoms in total. The molecule has 0 saturated carbocycles. The predicted octanol–water partition coefficient (Wildman–Crippen LogP) is 2.04. The highest BCUT2D eigenvalue weighted by Gasteiger charge is 2.41. The maximum absolute atomic E-state index is 14.2. The molecule has 1 aliphatic rings. The Bertz CT molecular complexity index is 821. The molecule has 0 spiro atoms. The molecule has 0 amide bonds. The van der Waals surface area contributed by atoms with E-state index < -0.39 is 49.9 Å². The van der Waals surface area contributed by atoms with Gasteiger partial charge in [-0.25, -0.2) is 8.78 Å². The van der Waals surface area contributed by atoms with Gasteiger partial charge < -0.3 is 25.2 Å². The van der Waals surface area contributed by atoms with E-state index in [1.807, 2.05) is 54.6 Å². The third-order valence-electron chi connectivity index (χ3n) is 5.85.